The molecule has 1 amide bonds. The smallest absolute Gasteiger partial charge is 0.271 e. The Bertz CT molecular complexity index is 1410. The minimum Gasteiger partial charge on any atom is -0.497 e. The Morgan fingerprint density at radius 3 is 2.53 bits per heavy atom. The van der Waals surface area contributed by atoms with Crippen molar-refractivity contribution in [3.63, 3.8) is 0 Å². The zero-order valence-electron chi connectivity index (χ0n) is 18.3. The van der Waals surface area contributed by atoms with Crippen LogP contribution in [0.25, 0.3) is 28.5 Å². The Hall–Kier alpha value is -4.86. The van der Waals surface area contributed by atoms with Gasteiger partial charge >= 0.3 is 0 Å². The molecule has 0 saturated heterocycles. The van der Waals surface area contributed by atoms with Gasteiger partial charge in [-0.3, -0.25) is 14.9 Å². The van der Waals surface area contributed by atoms with Gasteiger partial charge in [-0.25, -0.2) is 4.98 Å². The molecule has 1 aromatic heterocycles. The topological polar surface area (TPSA) is 129 Å². The molecule has 0 spiro atoms. The summed E-state index contributed by atoms with van der Waals surface area (Å²) in [6.45, 7) is 0. The number of carbonyl (C=O) groups is 1. The van der Waals surface area contributed by atoms with Crippen molar-refractivity contribution < 1.29 is 24.4 Å². The number of hydrogen-bond donors (Lipinski definition) is 2. The van der Waals surface area contributed by atoms with Crippen LogP contribution in [0.3, 0.4) is 0 Å². The van der Waals surface area contributed by atoms with E-state index in [-0.39, 0.29) is 22.9 Å². The highest BCUT2D eigenvalue weighted by Crippen LogP contribution is 2.28. The predicted molar refractivity (Wildman–Crippen MR) is 126 cm³/mol. The molecule has 172 valence electrons. The van der Waals surface area contributed by atoms with Gasteiger partial charge in [-0.15, -0.1) is 0 Å². The first-order chi connectivity index (χ1) is 16.4. The molecule has 0 aliphatic carbocycles. The minimum absolute atomic E-state index is 0.146. The highest BCUT2D eigenvalue weighted by atomic mass is 16.6. The van der Waals surface area contributed by atoms with Crippen LogP contribution in [0.15, 0.2) is 66.7 Å². The number of aromatic nitrogens is 2. The summed E-state index contributed by atoms with van der Waals surface area (Å²) in [7, 11) is 3.10. The number of nitrogens with zero attached hydrogens (tertiary/aromatic N) is 3. The lowest BCUT2D eigenvalue weighted by atomic mass is 10.1. The summed E-state index contributed by atoms with van der Waals surface area (Å²) >= 11 is 0. The van der Waals surface area contributed by atoms with E-state index in [9.17, 15) is 20.1 Å². The second-order valence-electron chi connectivity index (χ2n) is 7.19. The van der Waals surface area contributed by atoms with Gasteiger partial charge in [0.05, 0.1) is 24.7 Å². The molecular formula is C24H20N4O6. The Kier molecular flexibility index (Phi) is 6.13. The van der Waals surface area contributed by atoms with Crippen LogP contribution in [0, 0.1) is 10.1 Å². The normalized spacial score (nSPS) is 11.0. The zero-order valence-corrected chi connectivity index (χ0v) is 18.3. The van der Waals surface area contributed by atoms with Gasteiger partial charge in [0.1, 0.15) is 17.0 Å². The molecule has 0 radical (unpaired) electrons. The third-order valence-corrected chi connectivity index (χ3v) is 5.09. The lowest BCUT2D eigenvalue weighted by Gasteiger charge is -2.07. The fourth-order valence-electron chi connectivity index (χ4n) is 3.36. The average molecular weight is 460 g/mol. The fourth-order valence-corrected chi connectivity index (χ4v) is 3.36. The number of non-ortho nitro benzene ring substituents is 1. The zero-order chi connectivity index (χ0) is 24.2. The maximum atomic E-state index is 12.3. The van der Waals surface area contributed by atoms with Crippen LogP contribution in [-0.2, 0) is 4.79 Å². The third kappa shape index (κ3) is 4.51. The van der Waals surface area contributed by atoms with Gasteiger partial charge in [-0.2, -0.15) is 4.73 Å². The van der Waals surface area contributed by atoms with Crippen LogP contribution in [0.4, 0.5) is 11.4 Å². The summed E-state index contributed by atoms with van der Waals surface area (Å²) in [4.78, 5) is 27.1. The number of rotatable bonds is 7. The largest absolute Gasteiger partial charge is 0.497 e. The van der Waals surface area contributed by atoms with Gasteiger partial charge in [-0.05, 0) is 48.5 Å². The van der Waals surface area contributed by atoms with Gasteiger partial charge < -0.3 is 20.0 Å². The lowest BCUT2D eigenvalue weighted by molar-refractivity contribution is -0.384. The molecule has 10 heteroatoms. The van der Waals surface area contributed by atoms with Gasteiger partial charge in [-0.1, -0.05) is 0 Å². The van der Waals surface area contributed by atoms with Crippen molar-refractivity contribution in [1.82, 2.24) is 9.71 Å². The number of benzene rings is 3. The first-order valence-electron chi connectivity index (χ1n) is 10.1. The molecule has 4 aromatic rings. The van der Waals surface area contributed by atoms with E-state index in [4.69, 9.17) is 9.47 Å². The Labute approximate surface area is 193 Å². The number of nitro groups is 1. The Morgan fingerprint density at radius 2 is 1.85 bits per heavy atom. The van der Waals surface area contributed by atoms with Crippen LogP contribution >= 0.6 is 0 Å². The van der Waals surface area contributed by atoms with Gasteiger partial charge in [0.25, 0.3) is 5.69 Å². The molecule has 1 heterocycles. The second-order valence-corrected chi connectivity index (χ2v) is 7.19. The number of methoxy groups -OCH3 is 2. The molecular weight excluding hydrogens is 440 g/mol. The standard InChI is InChI=1S/C24H20N4O6/c1-33-19-10-5-15(22(14-19)34-2)6-12-23(29)25-17-7-3-16(4-8-17)24-26-20-11-9-18(28(31)32)13-21(20)27(24)30/h3-14,30H,1-2H3,(H,25,29)/b12-6+. The second kappa shape index (κ2) is 9.33. The van der Waals surface area contributed by atoms with Gasteiger partial charge in [0.2, 0.25) is 5.91 Å². The average Bonchev–Trinajstić information content (AvgIpc) is 3.18. The van der Waals surface area contributed by atoms with Crippen molar-refractivity contribution in [2.24, 2.45) is 0 Å². The molecule has 2 N–H and O–H groups in total. The third-order valence-electron chi connectivity index (χ3n) is 5.09. The molecule has 10 nitrogen and oxygen atoms in total. The first-order valence-corrected chi connectivity index (χ1v) is 10.1. The van der Waals surface area contributed by atoms with Crippen LogP contribution in [-0.4, -0.2) is 40.0 Å². The van der Waals surface area contributed by atoms with Crippen molar-refractivity contribution in [3.05, 3.63) is 82.4 Å². The molecule has 0 bridgehead atoms. The summed E-state index contributed by atoms with van der Waals surface area (Å²) in [6.07, 6.45) is 3.02. The van der Waals surface area contributed by atoms with Crippen molar-refractivity contribution in [2.45, 2.75) is 0 Å². The molecule has 0 atom stereocenters. The minimum atomic E-state index is -0.539. The molecule has 0 aliphatic rings. The Balaban J connectivity index is 1.49. The summed E-state index contributed by atoms with van der Waals surface area (Å²) in [5, 5.41) is 24.2. The monoisotopic (exact) mass is 460 g/mol. The van der Waals surface area contributed by atoms with E-state index in [2.05, 4.69) is 10.3 Å². The van der Waals surface area contributed by atoms with E-state index < -0.39 is 4.92 Å². The van der Waals surface area contributed by atoms with E-state index >= 15 is 0 Å². The van der Waals surface area contributed by atoms with Gasteiger partial charge in [0.15, 0.2) is 5.82 Å². The number of ether oxygens (including phenoxy) is 2. The number of nitrogens with one attached hydrogen (secondary N) is 1. The van der Waals surface area contributed by atoms with Crippen LogP contribution in [0.5, 0.6) is 11.5 Å². The van der Waals surface area contributed by atoms with Crippen molar-refractivity contribution in [3.8, 4) is 22.9 Å². The SMILES string of the molecule is COc1ccc(/C=C/C(=O)Nc2ccc(-c3nc4ccc([N+](=O)[O-])cc4n3O)cc2)c(OC)c1. The first kappa shape index (κ1) is 22.3. The van der Waals surface area contributed by atoms with Crippen molar-refractivity contribution in [1.29, 1.82) is 0 Å². The van der Waals surface area contributed by atoms with Crippen molar-refractivity contribution in [2.75, 3.05) is 19.5 Å². The molecule has 3 aromatic carbocycles. The quantitative estimate of drug-likeness (QED) is 0.180. The molecule has 34 heavy (non-hydrogen) atoms. The number of hydrogen-bond acceptors (Lipinski definition) is 7. The molecule has 4 rings (SSSR count). The number of carbonyl (C=O) groups excluding carboxylic acids is 1. The molecule has 0 unspecified atom stereocenters. The predicted octanol–water partition coefficient (Wildman–Crippen LogP) is 4.52. The number of fused-ring (bicyclic) bond motifs is 1. The summed E-state index contributed by atoms with van der Waals surface area (Å²) in [5.41, 5.74) is 2.32. The van der Waals surface area contributed by atoms with E-state index in [0.29, 0.717) is 28.3 Å². The van der Waals surface area contributed by atoms with E-state index in [1.54, 1.807) is 55.7 Å². The van der Waals surface area contributed by atoms with Gasteiger partial charge in [0, 0.05) is 41.1 Å². The Morgan fingerprint density at radius 1 is 1.09 bits per heavy atom. The summed E-state index contributed by atoms with van der Waals surface area (Å²) in [6, 6.07) is 16.0. The molecule has 0 fully saturated rings. The van der Waals surface area contributed by atoms with E-state index in [0.717, 1.165) is 10.3 Å². The highest BCUT2D eigenvalue weighted by molar-refractivity contribution is 6.02. The maximum Gasteiger partial charge on any atom is 0.271 e. The molecule has 0 aliphatic heterocycles. The number of anilines is 1. The van der Waals surface area contributed by atoms with Crippen LogP contribution in [0.1, 0.15) is 5.56 Å². The summed E-state index contributed by atoms with van der Waals surface area (Å²) in [5.74, 6) is 1.10. The van der Waals surface area contributed by atoms with Crippen molar-refractivity contribution >= 4 is 34.4 Å². The van der Waals surface area contributed by atoms with Crippen LogP contribution < -0.4 is 14.8 Å². The summed E-state index contributed by atoms with van der Waals surface area (Å²) < 4.78 is 11.3. The fraction of sp³-hybridized carbons (Fsp3) is 0.0833. The lowest BCUT2D eigenvalue weighted by Crippen LogP contribution is -2.07. The van der Waals surface area contributed by atoms with E-state index in [1.807, 2.05) is 0 Å². The number of imidazole rings is 1. The highest BCUT2D eigenvalue weighted by Gasteiger charge is 2.16. The van der Waals surface area contributed by atoms with E-state index in [1.165, 1.54) is 31.4 Å². The number of nitro benzene ring substituents is 1. The van der Waals surface area contributed by atoms with Crippen LogP contribution in [0.2, 0.25) is 0 Å². The molecule has 0 saturated carbocycles. The maximum absolute atomic E-state index is 12.3. The number of amides is 1.